The van der Waals surface area contributed by atoms with Gasteiger partial charge in [-0.3, -0.25) is 4.90 Å². The molecule has 1 unspecified atom stereocenters. The van der Waals surface area contributed by atoms with Crippen LogP contribution in [-0.2, 0) is 6.54 Å². The van der Waals surface area contributed by atoms with Gasteiger partial charge in [-0.25, -0.2) is 4.79 Å². The smallest absolute Gasteiger partial charge is 0.345 e. The summed E-state index contributed by atoms with van der Waals surface area (Å²) in [5.74, 6) is -0.813. The van der Waals surface area contributed by atoms with E-state index in [9.17, 15) is 4.79 Å². The fourth-order valence-electron chi connectivity index (χ4n) is 2.89. The molecule has 0 bridgehead atoms. The maximum atomic E-state index is 11.1. The Labute approximate surface area is 125 Å². The lowest BCUT2D eigenvalue weighted by Gasteiger charge is -2.30. The molecule has 1 aliphatic heterocycles. The van der Waals surface area contributed by atoms with Crippen LogP contribution in [0.15, 0.2) is 6.07 Å². The molecule has 1 atom stereocenters. The van der Waals surface area contributed by atoms with Crippen LogP contribution in [0.25, 0.3) is 0 Å². The van der Waals surface area contributed by atoms with E-state index in [2.05, 4.69) is 23.8 Å². The number of rotatable bonds is 4. The minimum atomic E-state index is -0.813. The lowest BCUT2D eigenvalue weighted by atomic mass is 10.1. The number of aromatic carboxylic acids is 1. The molecule has 0 radical (unpaired) electrons. The number of hydrogen-bond acceptors (Lipinski definition) is 4. The van der Waals surface area contributed by atoms with Crippen LogP contribution < -0.4 is 0 Å². The van der Waals surface area contributed by atoms with Gasteiger partial charge in [0.2, 0.25) is 0 Å². The van der Waals surface area contributed by atoms with Crippen molar-refractivity contribution in [3.05, 3.63) is 21.4 Å². The van der Waals surface area contributed by atoms with Crippen molar-refractivity contribution in [3.8, 4) is 0 Å². The zero-order valence-electron chi connectivity index (χ0n) is 12.6. The summed E-state index contributed by atoms with van der Waals surface area (Å²) in [6.45, 7) is 8.49. The molecule has 112 valence electrons. The Kier molecular flexibility index (Phi) is 5.18. The van der Waals surface area contributed by atoms with E-state index >= 15 is 0 Å². The van der Waals surface area contributed by atoms with Gasteiger partial charge in [0, 0.05) is 30.6 Å². The van der Waals surface area contributed by atoms with Crippen molar-refractivity contribution < 1.29 is 9.90 Å². The molecule has 1 N–H and O–H groups in total. The molecule has 0 aromatic carbocycles. The predicted molar refractivity (Wildman–Crippen MR) is 82.6 cm³/mol. The number of carboxylic acids is 1. The molecule has 1 aromatic heterocycles. The number of carbonyl (C=O) groups is 1. The molecule has 2 heterocycles. The van der Waals surface area contributed by atoms with E-state index in [0.29, 0.717) is 10.9 Å². The normalized spacial score (nSPS) is 21.9. The van der Waals surface area contributed by atoms with Gasteiger partial charge in [-0.2, -0.15) is 0 Å². The summed E-state index contributed by atoms with van der Waals surface area (Å²) in [5, 5.41) is 9.10. The molecule has 0 aliphatic carbocycles. The molecule has 20 heavy (non-hydrogen) atoms. The quantitative estimate of drug-likeness (QED) is 0.928. The third-order valence-electron chi connectivity index (χ3n) is 4.10. The minimum absolute atomic E-state index is 0.456. The minimum Gasteiger partial charge on any atom is -0.477 e. The average Bonchev–Trinajstić information content (AvgIpc) is 2.66. The van der Waals surface area contributed by atoms with Gasteiger partial charge in [-0.05, 0) is 45.0 Å². The number of carboxylic acid groups (broad SMARTS) is 1. The van der Waals surface area contributed by atoms with Crippen molar-refractivity contribution in [1.82, 2.24) is 9.80 Å². The fourth-order valence-corrected chi connectivity index (χ4v) is 3.76. The van der Waals surface area contributed by atoms with E-state index in [0.717, 1.165) is 37.5 Å². The maximum Gasteiger partial charge on any atom is 0.345 e. The van der Waals surface area contributed by atoms with Crippen LogP contribution in [0.1, 0.15) is 39.9 Å². The first kappa shape index (κ1) is 15.5. The molecule has 1 saturated heterocycles. The lowest BCUT2D eigenvalue weighted by molar-refractivity contribution is 0.0702. The second kappa shape index (κ2) is 6.70. The summed E-state index contributed by atoms with van der Waals surface area (Å²) in [6, 6.07) is 2.42. The summed E-state index contributed by atoms with van der Waals surface area (Å²) in [7, 11) is 2.19. The second-order valence-electron chi connectivity index (χ2n) is 5.65. The SMILES string of the molecule is CCC1CN(C)CCCN1Cc1cc(C(=O)O)sc1C. The molecule has 5 heteroatoms. The second-order valence-corrected chi connectivity index (χ2v) is 6.90. The van der Waals surface area contributed by atoms with E-state index in [-0.39, 0.29) is 0 Å². The molecule has 4 nitrogen and oxygen atoms in total. The van der Waals surface area contributed by atoms with Crippen molar-refractivity contribution in [2.45, 2.75) is 39.3 Å². The van der Waals surface area contributed by atoms with Crippen molar-refractivity contribution in [2.75, 3.05) is 26.7 Å². The van der Waals surface area contributed by atoms with Crippen LogP contribution in [0.4, 0.5) is 0 Å². The fraction of sp³-hybridized carbons (Fsp3) is 0.667. The molecule has 1 aromatic rings. The molecule has 1 aliphatic rings. The average molecular weight is 296 g/mol. The van der Waals surface area contributed by atoms with Gasteiger partial charge in [0.25, 0.3) is 0 Å². The molecular formula is C15H24N2O2S. The monoisotopic (exact) mass is 296 g/mol. The first-order valence-corrected chi connectivity index (χ1v) is 8.08. The highest BCUT2D eigenvalue weighted by atomic mass is 32.1. The summed E-state index contributed by atoms with van der Waals surface area (Å²) in [6.07, 6.45) is 2.32. The number of thiophene rings is 1. The van der Waals surface area contributed by atoms with Crippen LogP contribution >= 0.6 is 11.3 Å². The van der Waals surface area contributed by atoms with E-state index in [1.54, 1.807) is 0 Å². The topological polar surface area (TPSA) is 43.8 Å². The molecular weight excluding hydrogens is 272 g/mol. The molecule has 2 rings (SSSR count). The summed E-state index contributed by atoms with van der Waals surface area (Å²) >= 11 is 1.39. The standard InChI is InChI=1S/C15H24N2O2S/c1-4-13-10-16(3)6-5-7-17(13)9-12-8-14(15(18)19)20-11(12)2/h8,13H,4-7,9-10H2,1-3H3,(H,18,19). The number of nitrogens with zero attached hydrogens (tertiary/aromatic N) is 2. The van der Waals surface area contributed by atoms with Gasteiger partial charge in [-0.1, -0.05) is 6.92 Å². The van der Waals surface area contributed by atoms with Gasteiger partial charge in [0.1, 0.15) is 4.88 Å². The van der Waals surface area contributed by atoms with E-state index in [1.807, 2.05) is 13.0 Å². The van der Waals surface area contributed by atoms with Crippen LogP contribution in [0, 0.1) is 6.92 Å². The van der Waals surface area contributed by atoms with Gasteiger partial charge in [-0.15, -0.1) is 11.3 Å². The number of aryl methyl sites for hydroxylation is 1. The number of hydrogen-bond donors (Lipinski definition) is 1. The maximum absolute atomic E-state index is 11.1. The Morgan fingerprint density at radius 2 is 2.25 bits per heavy atom. The van der Waals surface area contributed by atoms with Crippen molar-refractivity contribution in [2.24, 2.45) is 0 Å². The van der Waals surface area contributed by atoms with Crippen LogP contribution in [0.2, 0.25) is 0 Å². The zero-order valence-corrected chi connectivity index (χ0v) is 13.4. The first-order chi connectivity index (χ1) is 9.51. The molecule has 0 spiro atoms. The predicted octanol–water partition coefficient (Wildman–Crippen LogP) is 2.67. The molecule has 0 amide bonds. The largest absolute Gasteiger partial charge is 0.477 e. The van der Waals surface area contributed by atoms with Crippen LogP contribution in [-0.4, -0.2) is 53.6 Å². The Morgan fingerprint density at radius 3 is 2.85 bits per heavy atom. The molecule has 0 saturated carbocycles. The van der Waals surface area contributed by atoms with Crippen molar-refractivity contribution >= 4 is 17.3 Å². The Bertz CT molecular complexity index is 472. The highest BCUT2D eigenvalue weighted by Crippen LogP contribution is 2.25. The summed E-state index contributed by atoms with van der Waals surface area (Å²) in [4.78, 5) is 17.6. The Hall–Kier alpha value is -0.910. The number of likely N-dealkylation sites (N-methyl/N-ethyl adjacent to an activating group) is 1. The highest BCUT2D eigenvalue weighted by Gasteiger charge is 2.23. The first-order valence-electron chi connectivity index (χ1n) is 7.26. The van der Waals surface area contributed by atoms with Gasteiger partial charge in [0.15, 0.2) is 0 Å². The van der Waals surface area contributed by atoms with Crippen LogP contribution in [0.5, 0.6) is 0 Å². The van der Waals surface area contributed by atoms with E-state index < -0.39 is 5.97 Å². The van der Waals surface area contributed by atoms with Crippen molar-refractivity contribution in [3.63, 3.8) is 0 Å². The van der Waals surface area contributed by atoms with Crippen molar-refractivity contribution in [1.29, 1.82) is 0 Å². The van der Waals surface area contributed by atoms with Gasteiger partial charge in [0.05, 0.1) is 0 Å². The molecule has 1 fully saturated rings. The lowest BCUT2D eigenvalue weighted by Crippen LogP contribution is -2.39. The Balaban J connectivity index is 2.12. The third kappa shape index (κ3) is 3.59. The van der Waals surface area contributed by atoms with E-state index in [4.69, 9.17) is 5.11 Å². The zero-order chi connectivity index (χ0) is 14.7. The summed E-state index contributed by atoms with van der Waals surface area (Å²) < 4.78 is 0. The third-order valence-corrected chi connectivity index (χ3v) is 5.18. The summed E-state index contributed by atoms with van der Waals surface area (Å²) in [5.41, 5.74) is 1.18. The Morgan fingerprint density at radius 1 is 1.50 bits per heavy atom. The van der Waals surface area contributed by atoms with Gasteiger partial charge < -0.3 is 10.0 Å². The van der Waals surface area contributed by atoms with Crippen LogP contribution in [0.3, 0.4) is 0 Å². The van der Waals surface area contributed by atoms with Gasteiger partial charge >= 0.3 is 5.97 Å². The van der Waals surface area contributed by atoms with E-state index in [1.165, 1.54) is 23.3 Å². The highest BCUT2D eigenvalue weighted by molar-refractivity contribution is 7.14.